The Morgan fingerprint density at radius 3 is 2.56 bits per heavy atom. The van der Waals surface area contributed by atoms with Crippen molar-refractivity contribution in [2.75, 3.05) is 6.61 Å². The summed E-state index contributed by atoms with van der Waals surface area (Å²) in [6.45, 7) is 5.18. The van der Waals surface area contributed by atoms with E-state index in [4.69, 9.17) is 4.74 Å². The van der Waals surface area contributed by atoms with Crippen LogP contribution in [-0.2, 0) is 0 Å². The molecule has 0 heterocycles. The van der Waals surface area contributed by atoms with Crippen molar-refractivity contribution in [3.8, 4) is 5.75 Å². The number of carbonyl (C=O) groups excluding carboxylic acids is 1. The predicted octanol–water partition coefficient (Wildman–Crippen LogP) is 2.50. The van der Waals surface area contributed by atoms with Crippen molar-refractivity contribution in [1.29, 1.82) is 0 Å². The van der Waals surface area contributed by atoms with Gasteiger partial charge in [-0.25, -0.2) is 0 Å². The highest BCUT2D eigenvalue weighted by Crippen LogP contribution is 2.32. The Labute approximate surface area is 93.2 Å². The van der Waals surface area contributed by atoms with E-state index in [2.05, 4.69) is 0 Å². The zero-order valence-corrected chi connectivity index (χ0v) is 9.44. The van der Waals surface area contributed by atoms with Crippen molar-refractivity contribution in [2.45, 2.75) is 20.8 Å². The fourth-order valence-corrected chi connectivity index (χ4v) is 1.50. The molecule has 0 bridgehead atoms. The van der Waals surface area contributed by atoms with Gasteiger partial charge in [-0.3, -0.25) is 14.9 Å². The van der Waals surface area contributed by atoms with Gasteiger partial charge < -0.3 is 4.74 Å². The summed E-state index contributed by atoms with van der Waals surface area (Å²) >= 11 is 0. The highest BCUT2D eigenvalue weighted by molar-refractivity contribution is 6.01. The molecule has 0 atom stereocenters. The minimum absolute atomic E-state index is 0.0480. The van der Waals surface area contributed by atoms with E-state index >= 15 is 0 Å². The summed E-state index contributed by atoms with van der Waals surface area (Å²) in [6.07, 6.45) is 0. The first kappa shape index (κ1) is 12.2. The van der Waals surface area contributed by atoms with Crippen LogP contribution in [0.25, 0.3) is 0 Å². The molecule has 5 heteroatoms. The molecule has 1 aromatic carbocycles. The number of ketones is 1. The molecule has 0 saturated heterocycles. The molecule has 0 aliphatic carbocycles. The third kappa shape index (κ3) is 2.18. The average molecular weight is 223 g/mol. The summed E-state index contributed by atoms with van der Waals surface area (Å²) in [5.74, 6) is -0.0527. The van der Waals surface area contributed by atoms with Gasteiger partial charge in [-0.1, -0.05) is 0 Å². The number of benzene rings is 1. The Balaban J connectivity index is 3.49. The van der Waals surface area contributed by atoms with Crippen LogP contribution >= 0.6 is 0 Å². The van der Waals surface area contributed by atoms with Crippen LogP contribution in [0.1, 0.15) is 29.8 Å². The van der Waals surface area contributed by atoms with E-state index in [0.717, 1.165) is 5.56 Å². The van der Waals surface area contributed by atoms with Crippen molar-refractivity contribution >= 4 is 11.5 Å². The standard InChI is InChI=1S/C11H13NO4/c1-4-16-11-7(2)5-6-9(12(14)15)10(11)8(3)13/h5-6H,4H2,1-3H3. The van der Waals surface area contributed by atoms with Gasteiger partial charge in [0.2, 0.25) is 0 Å². The first-order chi connectivity index (χ1) is 7.49. The second-order valence-corrected chi connectivity index (χ2v) is 3.35. The highest BCUT2D eigenvalue weighted by Gasteiger charge is 2.23. The molecule has 86 valence electrons. The summed E-state index contributed by atoms with van der Waals surface area (Å²) in [6, 6.07) is 2.91. The zero-order chi connectivity index (χ0) is 12.3. The maximum Gasteiger partial charge on any atom is 0.283 e. The molecule has 0 unspecified atom stereocenters. The van der Waals surface area contributed by atoms with Gasteiger partial charge in [-0.2, -0.15) is 0 Å². The zero-order valence-electron chi connectivity index (χ0n) is 9.44. The lowest BCUT2D eigenvalue weighted by Gasteiger charge is -2.11. The third-order valence-corrected chi connectivity index (χ3v) is 2.17. The smallest absolute Gasteiger partial charge is 0.283 e. The van der Waals surface area contributed by atoms with Gasteiger partial charge in [0.05, 0.1) is 11.5 Å². The Bertz CT molecular complexity index is 440. The van der Waals surface area contributed by atoms with Crippen LogP contribution in [0.15, 0.2) is 12.1 Å². The van der Waals surface area contributed by atoms with Gasteiger partial charge in [0.25, 0.3) is 5.69 Å². The molecule has 5 nitrogen and oxygen atoms in total. The van der Waals surface area contributed by atoms with Crippen molar-refractivity contribution in [3.05, 3.63) is 33.4 Å². The Morgan fingerprint density at radius 1 is 1.50 bits per heavy atom. The maximum atomic E-state index is 11.4. The van der Waals surface area contributed by atoms with Gasteiger partial charge in [0, 0.05) is 6.07 Å². The molecule has 0 N–H and O–H groups in total. The van der Waals surface area contributed by atoms with Crippen LogP contribution in [0.3, 0.4) is 0 Å². The SMILES string of the molecule is CCOc1c(C)ccc([N+](=O)[O-])c1C(C)=O. The Morgan fingerprint density at radius 2 is 2.12 bits per heavy atom. The largest absolute Gasteiger partial charge is 0.493 e. The lowest BCUT2D eigenvalue weighted by atomic mass is 10.0. The number of carbonyl (C=O) groups is 1. The first-order valence-corrected chi connectivity index (χ1v) is 4.90. The van der Waals surface area contributed by atoms with Crippen LogP contribution in [0.2, 0.25) is 0 Å². The second-order valence-electron chi connectivity index (χ2n) is 3.35. The van der Waals surface area contributed by atoms with Crippen molar-refractivity contribution in [3.63, 3.8) is 0 Å². The van der Waals surface area contributed by atoms with Gasteiger partial charge >= 0.3 is 0 Å². The van der Waals surface area contributed by atoms with E-state index in [1.54, 1.807) is 19.9 Å². The average Bonchev–Trinajstić information content (AvgIpc) is 2.20. The number of nitro benzene ring substituents is 1. The van der Waals surface area contributed by atoms with Gasteiger partial charge in [-0.05, 0) is 32.4 Å². The maximum absolute atomic E-state index is 11.4. The summed E-state index contributed by atoms with van der Waals surface area (Å²) in [7, 11) is 0. The minimum Gasteiger partial charge on any atom is -0.493 e. The molecule has 0 spiro atoms. The highest BCUT2D eigenvalue weighted by atomic mass is 16.6. The molecule has 1 rings (SSSR count). The lowest BCUT2D eigenvalue weighted by Crippen LogP contribution is -2.06. The summed E-state index contributed by atoms with van der Waals surface area (Å²) in [4.78, 5) is 21.7. The number of Topliss-reactive ketones (excluding diaryl/α,β-unsaturated/α-hetero) is 1. The number of hydrogen-bond acceptors (Lipinski definition) is 4. The van der Waals surface area contributed by atoms with E-state index < -0.39 is 4.92 Å². The number of hydrogen-bond donors (Lipinski definition) is 0. The van der Waals surface area contributed by atoms with Crippen LogP contribution in [0.5, 0.6) is 5.75 Å². The van der Waals surface area contributed by atoms with E-state index in [1.165, 1.54) is 13.0 Å². The number of aryl methyl sites for hydroxylation is 1. The number of rotatable bonds is 4. The summed E-state index contributed by atoms with van der Waals surface area (Å²) in [5, 5.41) is 10.8. The lowest BCUT2D eigenvalue weighted by molar-refractivity contribution is -0.385. The van der Waals surface area contributed by atoms with E-state index in [0.29, 0.717) is 12.4 Å². The van der Waals surface area contributed by atoms with Gasteiger partial charge in [-0.15, -0.1) is 0 Å². The molecule has 0 aliphatic rings. The molecule has 1 aromatic rings. The van der Waals surface area contributed by atoms with Crippen LogP contribution < -0.4 is 4.74 Å². The number of nitrogens with zero attached hydrogens (tertiary/aromatic N) is 1. The Hall–Kier alpha value is -1.91. The van der Waals surface area contributed by atoms with Crippen LogP contribution in [0.4, 0.5) is 5.69 Å². The molecule has 0 aromatic heterocycles. The third-order valence-electron chi connectivity index (χ3n) is 2.17. The van der Waals surface area contributed by atoms with Crippen molar-refractivity contribution < 1.29 is 14.5 Å². The number of ether oxygens (including phenoxy) is 1. The van der Waals surface area contributed by atoms with Crippen LogP contribution in [0, 0.1) is 17.0 Å². The van der Waals surface area contributed by atoms with E-state index in [-0.39, 0.29) is 17.0 Å². The molecule has 16 heavy (non-hydrogen) atoms. The molecule has 0 fully saturated rings. The fourth-order valence-electron chi connectivity index (χ4n) is 1.50. The summed E-state index contributed by atoms with van der Waals surface area (Å²) in [5.41, 5.74) is 0.561. The van der Waals surface area contributed by atoms with Crippen molar-refractivity contribution in [1.82, 2.24) is 0 Å². The summed E-state index contributed by atoms with van der Waals surface area (Å²) < 4.78 is 5.29. The monoisotopic (exact) mass is 223 g/mol. The topological polar surface area (TPSA) is 69.4 Å². The predicted molar refractivity (Wildman–Crippen MR) is 59.0 cm³/mol. The fraction of sp³-hybridized carbons (Fsp3) is 0.364. The van der Waals surface area contributed by atoms with Gasteiger partial charge in [0.15, 0.2) is 5.78 Å². The molecular formula is C11H13NO4. The number of nitro groups is 1. The van der Waals surface area contributed by atoms with Gasteiger partial charge in [0.1, 0.15) is 11.3 Å². The minimum atomic E-state index is -0.571. The second kappa shape index (κ2) is 4.74. The van der Waals surface area contributed by atoms with Crippen LogP contribution in [-0.4, -0.2) is 17.3 Å². The quantitative estimate of drug-likeness (QED) is 0.446. The van der Waals surface area contributed by atoms with Crippen molar-refractivity contribution in [2.24, 2.45) is 0 Å². The normalized spacial score (nSPS) is 9.94. The van der Waals surface area contributed by atoms with E-state index in [1.807, 2.05) is 0 Å². The molecule has 0 aliphatic heterocycles. The van der Waals surface area contributed by atoms with E-state index in [9.17, 15) is 14.9 Å². The first-order valence-electron chi connectivity index (χ1n) is 4.90. The molecule has 0 radical (unpaired) electrons. The molecule has 0 saturated carbocycles. The molecular weight excluding hydrogens is 210 g/mol. The Kier molecular flexibility index (Phi) is 3.60. The molecule has 0 amide bonds.